The Labute approximate surface area is 151 Å². The SMILES string of the molecule is CC(=O)c1ccc(Nc2ccc(C(=O)NC3CCS(=O)(=O)C3)cn2)cc1. The lowest BCUT2D eigenvalue weighted by atomic mass is 10.1. The molecule has 0 spiro atoms. The molecule has 1 aliphatic rings. The summed E-state index contributed by atoms with van der Waals surface area (Å²) in [6, 6.07) is 9.95. The summed E-state index contributed by atoms with van der Waals surface area (Å²) in [7, 11) is -3.03. The first kappa shape index (κ1) is 18.1. The van der Waals surface area contributed by atoms with Crippen molar-refractivity contribution in [3.8, 4) is 0 Å². The monoisotopic (exact) mass is 373 g/mol. The van der Waals surface area contributed by atoms with Crippen molar-refractivity contribution < 1.29 is 18.0 Å². The van der Waals surface area contributed by atoms with E-state index in [1.165, 1.54) is 13.1 Å². The predicted molar refractivity (Wildman–Crippen MR) is 98.5 cm³/mol. The first-order valence-electron chi connectivity index (χ1n) is 8.18. The van der Waals surface area contributed by atoms with E-state index in [0.717, 1.165) is 5.69 Å². The molecule has 1 atom stereocenters. The number of anilines is 2. The summed E-state index contributed by atoms with van der Waals surface area (Å²) in [6.45, 7) is 1.51. The Morgan fingerprint density at radius 3 is 2.31 bits per heavy atom. The molecule has 1 amide bonds. The standard InChI is InChI=1S/C18H19N3O4S/c1-12(22)13-2-5-15(6-3-13)20-17-7-4-14(10-19-17)18(23)21-16-8-9-26(24,25)11-16/h2-7,10,16H,8-9,11H2,1H3,(H,19,20)(H,21,23). The molecule has 7 nitrogen and oxygen atoms in total. The summed E-state index contributed by atoms with van der Waals surface area (Å²) in [5.41, 5.74) is 1.77. The molecule has 1 aliphatic heterocycles. The number of Topliss-reactive ketones (excluding diaryl/α,β-unsaturated/α-hetero) is 1. The number of hydrogen-bond acceptors (Lipinski definition) is 6. The third-order valence-corrected chi connectivity index (χ3v) is 5.93. The van der Waals surface area contributed by atoms with Gasteiger partial charge in [-0.15, -0.1) is 0 Å². The third-order valence-electron chi connectivity index (χ3n) is 4.16. The number of ketones is 1. The van der Waals surface area contributed by atoms with E-state index in [9.17, 15) is 18.0 Å². The zero-order chi connectivity index (χ0) is 18.7. The molecule has 1 aromatic heterocycles. The zero-order valence-corrected chi connectivity index (χ0v) is 15.0. The summed E-state index contributed by atoms with van der Waals surface area (Å²) in [6.07, 6.45) is 1.88. The molecule has 2 heterocycles. The molecule has 0 bridgehead atoms. The second-order valence-electron chi connectivity index (χ2n) is 6.26. The topological polar surface area (TPSA) is 105 Å². The van der Waals surface area contributed by atoms with Gasteiger partial charge in [0.25, 0.3) is 5.91 Å². The van der Waals surface area contributed by atoms with Crippen LogP contribution in [0.25, 0.3) is 0 Å². The lowest BCUT2D eigenvalue weighted by molar-refractivity contribution is 0.0940. The highest BCUT2D eigenvalue weighted by atomic mass is 32.2. The normalized spacial score (nSPS) is 18.3. The quantitative estimate of drug-likeness (QED) is 0.776. The fourth-order valence-electron chi connectivity index (χ4n) is 2.72. The molecule has 2 N–H and O–H groups in total. The minimum atomic E-state index is -3.03. The van der Waals surface area contributed by atoms with Crippen molar-refractivity contribution >= 4 is 33.0 Å². The number of rotatable bonds is 5. The van der Waals surface area contributed by atoms with Crippen LogP contribution in [0.1, 0.15) is 34.1 Å². The second-order valence-corrected chi connectivity index (χ2v) is 8.49. The van der Waals surface area contributed by atoms with E-state index in [2.05, 4.69) is 15.6 Å². The maximum Gasteiger partial charge on any atom is 0.253 e. The lowest BCUT2D eigenvalue weighted by Crippen LogP contribution is -2.35. The van der Waals surface area contributed by atoms with Gasteiger partial charge >= 0.3 is 0 Å². The van der Waals surface area contributed by atoms with Gasteiger partial charge in [-0.2, -0.15) is 0 Å². The third kappa shape index (κ3) is 4.45. The van der Waals surface area contributed by atoms with Crippen LogP contribution in [-0.4, -0.2) is 42.6 Å². The summed E-state index contributed by atoms with van der Waals surface area (Å²) in [4.78, 5) is 27.7. The number of sulfone groups is 1. The zero-order valence-electron chi connectivity index (χ0n) is 14.2. The molecule has 1 unspecified atom stereocenters. The van der Waals surface area contributed by atoms with Crippen LogP contribution in [0, 0.1) is 0 Å². The van der Waals surface area contributed by atoms with Gasteiger partial charge in [0, 0.05) is 23.5 Å². The molecular formula is C18H19N3O4S. The average Bonchev–Trinajstić information content (AvgIpc) is 2.94. The molecule has 26 heavy (non-hydrogen) atoms. The number of benzene rings is 1. The number of amides is 1. The van der Waals surface area contributed by atoms with Gasteiger partial charge < -0.3 is 10.6 Å². The molecule has 8 heteroatoms. The molecule has 1 fully saturated rings. The second kappa shape index (κ2) is 7.25. The van der Waals surface area contributed by atoms with Crippen molar-refractivity contribution in [1.29, 1.82) is 0 Å². The van der Waals surface area contributed by atoms with Crippen LogP contribution >= 0.6 is 0 Å². The molecular weight excluding hydrogens is 354 g/mol. The van der Waals surface area contributed by atoms with Gasteiger partial charge in [0.1, 0.15) is 5.82 Å². The van der Waals surface area contributed by atoms with Crippen LogP contribution in [0.4, 0.5) is 11.5 Å². The van der Waals surface area contributed by atoms with Crippen LogP contribution < -0.4 is 10.6 Å². The van der Waals surface area contributed by atoms with Crippen LogP contribution in [0.5, 0.6) is 0 Å². The van der Waals surface area contributed by atoms with E-state index in [-0.39, 0.29) is 29.2 Å². The number of aromatic nitrogens is 1. The van der Waals surface area contributed by atoms with Crippen molar-refractivity contribution in [3.05, 3.63) is 53.7 Å². The van der Waals surface area contributed by atoms with E-state index < -0.39 is 9.84 Å². The summed E-state index contributed by atoms with van der Waals surface area (Å²) in [5.74, 6) is 0.321. The van der Waals surface area contributed by atoms with E-state index >= 15 is 0 Å². The van der Waals surface area contributed by atoms with Gasteiger partial charge in [-0.1, -0.05) is 0 Å². The summed E-state index contributed by atoms with van der Waals surface area (Å²) >= 11 is 0. The van der Waals surface area contributed by atoms with Crippen molar-refractivity contribution in [2.75, 3.05) is 16.8 Å². The molecule has 136 valence electrons. The van der Waals surface area contributed by atoms with Gasteiger partial charge in [-0.3, -0.25) is 9.59 Å². The maximum absolute atomic E-state index is 12.2. The van der Waals surface area contributed by atoms with E-state index in [1.807, 2.05) is 0 Å². The average molecular weight is 373 g/mol. The molecule has 0 radical (unpaired) electrons. The number of pyridine rings is 1. The van der Waals surface area contributed by atoms with Gasteiger partial charge in [-0.25, -0.2) is 13.4 Å². The van der Waals surface area contributed by atoms with Gasteiger partial charge in [0.15, 0.2) is 15.6 Å². The lowest BCUT2D eigenvalue weighted by Gasteiger charge is -2.11. The first-order valence-corrected chi connectivity index (χ1v) is 10.00. The molecule has 1 aromatic carbocycles. The number of nitrogens with one attached hydrogen (secondary N) is 2. The Hall–Kier alpha value is -2.74. The molecule has 2 aromatic rings. The van der Waals surface area contributed by atoms with Crippen molar-refractivity contribution in [3.63, 3.8) is 0 Å². The fourth-order valence-corrected chi connectivity index (χ4v) is 4.39. The Balaban J connectivity index is 1.61. The molecule has 0 aliphatic carbocycles. The molecule has 0 saturated carbocycles. The highest BCUT2D eigenvalue weighted by Crippen LogP contribution is 2.16. The first-order chi connectivity index (χ1) is 12.3. The van der Waals surface area contributed by atoms with Crippen molar-refractivity contribution in [2.24, 2.45) is 0 Å². The minimum absolute atomic E-state index is 0.0000954. The Kier molecular flexibility index (Phi) is 5.03. The molecule has 3 rings (SSSR count). The van der Waals surface area contributed by atoms with Crippen molar-refractivity contribution in [2.45, 2.75) is 19.4 Å². The smallest absolute Gasteiger partial charge is 0.253 e. The minimum Gasteiger partial charge on any atom is -0.348 e. The van der Waals surface area contributed by atoms with Gasteiger partial charge in [0.2, 0.25) is 0 Å². The highest BCUT2D eigenvalue weighted by molar-refractivity contribution is 7.91. The van der Waals surface area contributed by atoms with Gasteiger partial charge in [-0.05, 0) is 49.7 Å². The largest absolute Gasteiger partial charge is 0.348 e. The fraction of sp³-hybridized carbons (Fsp3) is 0.278. The maximum atomic E-state index is 12.2. The Morgan fingerprint density at radius 1 is 1.08 bits per heavy atom. The van der Waals surface area contributed by atoms with Crippen LogP contribution in [-0.2, 0) is 9.84 Å². The number of carbonyl (C=O) groups excluding carboxylic acids is 2. The number of hydrogen-bond donors (Lipinski definition) is 2. The predicted octanol–water partition coefficient (Wildman–Crippen LogP) is 1.94. The highest BCUT2D eigenvalue weighted by Gasteiger charge is 2.29. The van der Waals surface area contributed by atoms with Crippen LogP contribution in [0.3, 0.4) is 0 Å². The van der Waals surface area contributed by atoms with Crippen molar-refractivity contribution in [1.82, 2.24) is 10.3 Å². The van der Waals surface area contributed by atoms with Gasteiger partial charge in [0.05, 0.1) is 17.1 Å². The Bertz CT molecular complexity index is 922. The van der Waals surface area contributed by atoms with Crippen LogP contribution in [0.15, 0.2) is 42.6 Å². The Morgan fingerprint density at radius 2 is 1.77 bits per heavy atom. The summed E-state index contributed by atoms with van der Waals surface area (Å²) < 4.78 is 22.9. The van der Waals surface area contributed by atoms with E-state index in [4.69, 9.17) is 0 Å². The summed E-state index contributed by atoms with van der Waals surface area (Å²) in [5, 5.41) is 5.81. The van der Waals surface area contributed by atoms with E-state index in [1.54, 1.807) is 36.4 Å². The van der Waals surface area contributed by atoms with Crippen LogP contribution in [0.2, 0.25) is 0 Å². The number of carbonyl (C=O) groups is 2. The molecule has 1 saturated heterocycles. The van der Waals surface area contributed by atoms with E-state index in [0.29, 0.717) is 23.4 Å². The number of nitrogens with zero attached hydrogens (tertiary/aromatic N) is 1.